The van der Waals surface area contributed by atoms with Crippen molar-refractivity contribution in [2.45, 2.75) is 13.5 Å². The van der Waals surface area contributed by atoms with E-state index in [4.69, 9.17) is 11.6 Å². The molecule has 0 fully saturated rings. The molecule has 4 rings (SSSR count). The summed E-state index contributed by atoms with van der Waals surface area (Å²) in [4.78, 5) is 36.2. The Hall–Kier alpha value is -3.76. The lowest BCUT2D eigenvalue weighted by Crippen LogP contribution is -2.41. The number of hydrogen-bond acceptors (Lipinski definition) is 6. The first kappa shape index (κ1) is 21.5. The van der Waals surface area contributed by atoms with Gasteiger partial charge in [-0.15, -0.1) is 11.3 Å². The number of non-ortho nitro benzene ring substituents is 1. The molecule has 0 unspecified atom stereocenters. The lowest BCUT2D eigenvalue weighted by molar-refractivity contribution is -0.384. The normalized spacial score (nSPS) is 10.8. The van der Waals surface area contributed by atoms with Crippen LogP contribution in [0.2, 0.25) is 5.02 Å². The fourth-order valence-electron chi connectivity index (χ4n) is 3.08. The van der Waals surface area contributed by atoms with Gasteiger partial charge in [-0.2, -0.15) is 5.10 Å². The third-order valence-corrected chi connectivity index (χ3v) is 6.11. The van der Waals surface area contributed by atoms with Crippen molar-refractivity contribution in [3.05, 3.63) is 91.4 Å². The molecule has 11 heteroatoms. The van der Waals surface area contributed by atoms with Gasteiger partial charge in [0.05, 0.1) is 22.0 Å². The van der Waals surface area contributed by atoms with Crippen LogP contribution in [-0.2, 0) is 6.54 Å². The molecule has 4 aromatic rings. The summed E-state index contributed by atoms with van der Waals surface area (Å²) < 4.78 is 1.82. The van der Waals surface area contributed by atoms with Crippen LogP contribution in [0.25, 0.3) is 10.2 Å². The highest BCUT2D eigenvalue weighted by molar-refractivity contribution is 7.20. The third-order valence-electron chi connectivity index (χ3n) is 4.71. The highest BCUT2D eigenvalue weighted by atomic mass is 35.5. The van der Waals surface area contributed by atoms with Crippen LogP contribution in [0.5, 0.6) is 0 Å². The number of benzene rings is 2. The minimum Gasteiger partial charge on any atom is -0.267 e. The summed E-state index contributed by atoms with van der Waals surface area (Å²) in [6.07, 6.45) is 0. The van der Waals surface area contributed by atoms with Crippen molar-refractivity contribution < 1.29 is 14.5 Å². The first-order valence-electron chi connectivity index (χ1n) is 9.38. The summed E-state index contributed by atoms with van der Waals surface area (Å²) in [6.45, 7) is 2.39. The van der Waals surface area contributed by atoms with E-state index in [2.05, 4.69) is 16.0 Å². The van der Waals surface area contributed by atoms with Crippen LogP contribution in [0.15, 0.2) is 54.6 Å². The summed E-state index contributed by atoms with van der Waals surface area (Å²) in [6, 6.07) is 14.3. The maximum Gasteiger partial charge on any atom is 0.279 e. The van der Waals surface area contributed by atoms with Gasteiger partial charge in [-0.25, -0.2) is 0 Å². The van der Waals surface area contributed by atoms with Crippen LogP contribution in [0, 0.1) is 17.0 Å². The van der Waals surface area contributed by atoms with Crippen molar-refractivity contribution in [3.8, 4) is 0 Å². The zero-order valence-corrected chi connectivity index (χ0v) is 18.2. The molecule has 0 spiro atoms. The van der Waals surface area contributed by atoms with E-state index < -0.39 is 16.7 Å². The number of nitro benzene ring substituents is 1. The molecule has 2 amide bonds. The first-order chi connectivity index (χ1) is 15.3. The molecule has 0 saturated heterocycles. The second-order valence-corrected chi connectivity index (χ2v) is 8.38. The number of hydrogen-bond donors (Lipinski definition) is 2. The van der Waals surface area contributed by atoms with E-state index >= 15 is 0 Å². The van der Waals surface area contributed by atoms with E-state index in [0.717, 1.165) is 21.5 Å². The molecule has 2 aromatic heterocycles. The molecule has 0 radical (unpaired) electrons. The molecule has 162 valence electrons. The summed E-state index contributed by atoms with van der Waals surface area (Å²) in [5, 5.41) is 16.8. The zero-order valence-electron chi connectivity index (χ0n) is 16.7. The van der Waals surface area contributed by atoms with Crippen molar-refractivity contribution in [3.63, 3.8) is 0 Å². The number of carbonyl (C=O) groups is 2. The number of fused-ring (bicyclic) bond motifs is 1. The number of halogens is 1. The number of amides is 2. The summed E-state index contributed by atoms with van der Waals surface area (Å²) in [5.41, 5.74) is 6.56. The largest absolute Gasteiger partial charge is 0.279 e. The van der Waals surface area contributed by atoms with Gasteiger partial charge in [-0.3, -0.25) is 35.2 Å². The maximum absolute atomic E-state index is 12.6. The van der Waals surface area contributed by atoms with E-state index in [9.17, 15) is 19.7 Å². The SMILES string of the molecule is Cc1nn(Cc2ccc(Cl)cc2)c2sc(C(=O)NNC(=O)c3ccc([N+](=O)[O-])cc3)cc12. The molecule has 2 aromatic carbocycles. The van der Waals surface area contributed by atoms with Gasteiger partial charge in [0, 0.05) is 28.1 Å². The van der Waals surface area contributed by atoms with Gasteiger partial charge in [0.2, 0.25) is 0 Å². The Bertz CT molecular complexity index is 1330. The maximum atomic E-state index is 12.6. The molecule has 0 aliphatic carbocycles. The average molecular weight is 470 g/mol. The van der Waals surface area contributed by atoms with Crippen molar-refractivity contribution in [1.29, 1.82) is 0 Å². The van der Waals surface area contributed by atoms with E-state index in [1.165, 1.54) is 35.6 Å². The van der Waals surface area contributed by atoms with Crippen molar-refractivity contribution in [1.82, 2.24) is 20.6 Å². The van der Waals surface area contributed by atoms with Gasteiger partial charge in [-0.1, -0.05) is 23.7 Å². The second kappa shape index (κ2) is 8.77. The Morgan fingerprint density at radius 3 is 2.41 bits per heavy atom. The van der Waals surface area contributed by atoms with Gasteiger partial charge in [0.1, 0.15) is 4.83 Å². The molecular formula is C21H16ClN5O4S. The number of aryl methyl sites for hydroxylation is 1. The smallest absolute Gasteiger partial charge is 0.267 e. The summed E-state index contributed by atoms with van der Waals surface area (Å²) in [5.74, 6) is -1.06. The minimum atomic E-state index is -0.584. The lowest BCUT2D eigenvalue weighted by Gasteiger charge is -2.06. The molecular weight excluding hydrogens is 454 g/mol. The van der Waals surface area contributed by atoms with Crippen LogP contribution in [0.1, 0.15) is 31.3 Å². The highest BCUT2D eigenvalue weighted by Crippen LogP contribution is 2.29. The number of carbonyl (C=O) groups excluding carboxylic acids is 2. The number of nitro groups is 1. The fraction of sp³-hybridized carbons (Fsp3) is 0.0952. The van der Waals surface area contributed by atoms with E-state index in [0.29, 0.717) is 16.4 Å². The Kier molecular flexibility index (Phi) is 5.89. The van der Waals surface area contributed by atoms with Gasteiger partial charge in [-0.05, 0) is 42.8 Å². The van der Waals surface area contributed by atoms with Gasteiger partial charge >= 0.3 is 0 Å². The molecule has 0 aliphatic rings. The Morgan fingerprint density at radius 1 is 1.09 bits per heavy atom. The quantitative estimate of drug-likeness (QED) is 0.337. The fourth-order valence-corrected chi connectivity index (χ4v) is 4.26. The number of thiophene rings is 1. The van der Waals surface area contributed by atoms with Crippen molar-refractivity contribution in [2.24, 2.45) is 0 Å². The average Bonchev–Trinajstić information content (AvgIpc) is 3.34. The number of nitrogens with one attached hydrogen (secondary N) is 2. The van der Waals surface area contributed by atoms with Crippen molar-refractivity contribution in [2.75, 3.05) is 0 Å². The standard InChI is InChI=1S/C21H16ClN5O4S/c1-12-17-10-18(32-21(17)26(25-12)11-13-2-6-15(22)7-3-13)20(29)24-23-19(28)14-4-8-16(9-5-14)27(30)31/h2-10H,11H2,1H3,(H,23,28)(H,24,29). The van der Waals surface area contributed by atoms with Crippen LogP contribution in [-0.4, -0.2) is 26.5 Å². The summed E-state index contributed by atoms with van der Waals surface area (Å²) >= 11 is 7.20. The molecule has 0 aliphatic heterocycles. The predicted molar refractivity (Wildman–Crippen MR) is 121 cm³/mol. The predicted octanol–water partition coefficient (Wildman–Crippen LogP) is 4.09. The topological polar surface area (TPSA) is 119 Å². The molecule has 2 heterocycles. The molecule has 0 atom stereocenters. The Balaban J connectivity index is 1.46. The zero-order chi connectivity index (χ0) is 22.8. The van der Waals surface area contributed by atoms with Crippen LogP contribution in [0.3, 0.4) is 0 Å². The lowest BCUT2D eigenvalue weighted by atomic mass is 10.2. The van der Waals surface area contributed by atoms with E-state index in [-0.39, 0.29) is 11.3 Å². The van der Waals surface area contributed by atoms with Gasteiger partial charge in [0.25, 0.3) is 17.5 Å². The van der Waals surface area contributed by atoms with Gasteiger partial charge < -0.3 is 0 Å². The highest BCUT2D eigenvalue weighted by Gasteiger charge is 2.17. The number of rotatable bonds is 5. The number of nitrogens with zero attached hydrogens (tertiary/aromatic N) is 3. The second-order valence-electron chi connectivity index (χ2n) is 6.91. The number of aromatic nitrogens is 2. The third kappa shape index (κ3) is 4.46. The van der Waals surface area contributed by atoms with Crippen molar-refractivity contribution >= 4 is 50.7 Å². The monoisotopic (exact) mass is 469 g/mol. The van der Waals surface area contributed by atoms with E-state index in [1.54, 1.807) is 6.07 Å². The summed E-state index contributed by atoms with van der Waals surface area (Å²) in [7, 11) is 0. The van der Waals surface area contributed by atoms with Crippen LogP contribution in [0.4, 0.5) is 5.69 Å². The Morgan fingerprint density at radius 2 is 1.75 bits per heavy atom. The molecule has 2 N–H and O–H groups in total. The van der Waals surface area contributed by atoms with Crippen LogP contribution >= 0.6 is 22.9 Å². The van der Waals surface area contributed by atoms with Crippen LogP contribution < -0.4 is 10.9 Å². The Labute approximate surface area is 190 Å². The minimum absolute atomic E-state index is 0.126. The first-order valence-corrected chi connectivity index (χ1v) is 10.6. The molecule has 9 nitrogen and oxygen atoms in total. The molecule has 32 heavy (non-hydrogen) atoms. The van der Waals surface area contributed by atoms with E-state index in [1.807, 2.05) is 35.9 Å². The molecule has 0 saturated carbocycles. The molecule has 0 bridgehead atoms. The number of hydrazine groups is 1. The van der Waals surface area contributed by atoms with Gasteiger partial charge in [0.15, 0.2) is 0 Å².